The van der Waals surface area contributed by atoms with Crippen molar-refractivity contribution in [2.75, 3.05) is 14.1 Å². The summed E-state index contributed by atoms with van der Waals surface area (Å²) in [4.78, 5) is 0. The van der Waals surface area contributed by atoms with Gasteiger partial charge in [-0.05, 0) is 14.1 Å². The Bertz CT molecular complexity index is 25.5. The molecule has 4 heteroatoms. The molecule has 0 aliphatic rings. The average molecular weight is 88.9 g/mol. The molecule has 0 aromatic carbocycles. The van der Waals surface area contributed by atoms with Gasteiger partial charge in [0.1, 0.15) is 0 Å². The zero-order chi connectivity index (χ0) is 5.41. The van der Waals surface area contributed by atoms with Crippen LogP contribution in [0.4, 0.5) is 0 Å². The van der Waals surface area contributed by atoms with Crippen LogP contribution in [0, 0.1) is 0 Å². The topological polar surface area (TPSA) is 49.3 Å². The SMILES string of the molecule is CNC.O=BO. The Balaban J connectivity index is 0. The van der Waals surface area contributed by atoms with Gasteiger partial charge in [-0.25, -0.2) is 0 Å². The Morgan fingerprint density at radius 3 is 1.67 bits per heavy atom. The summed E-state index contributed by atoms with van der Waals surface area (Å²) >= 11 is 0. The molecule has 3 nitrogen and oxygen atoms in total. The van der Waals surface area contributed by atoms with E-state index in [1.54, 1.807) is 0 Å². The van der Waals surface area contributed by atoms with Gasteiger partial charge in [0.2, 0.25) is 0 Å². The van der Waals surface area contributed by atoms with E-state index in [-0.39, 0.29) is 7.35 Å². The van der Waals surface area contributed by atoms with Crippen LogP contribution in [-0.2, 0) is 4.70 Å². The molecule has 0 unspecified atom stereocenters. The van der Waals surface area contributed by atoms with Gasteiger partial charge in [-0.1, -0.05) is 0 Å². The zero-order valence-corrected chi connectivity index (χ0v) is 3.93. The van der Waals surface area contributed by atoms with Gasteiger partial charge in [0.05, 0.1) is 0 Å². The van der Waals surface area contributed by atoms with Crippen LogP contribution in [0.2, 0.25) is 0 Å². The molecule has 2 N–H and O–H groups in total. The second kappa shape index (κ2) is 23.0. The summed E-state index contributed by atoms with van der Waals surface area (Å²) in [6.45, 7) is 0. The Morgan fingerprint density at radius 1 is 1.67 bits per heavy atom. The van der Waals surface area contributed by atoms with Gasteiger partial charge in [0, 0.05) is 0 Å². The van der Waals surface area contributed by atoms with Gasteiger partial charge in [-0.15, -0.1) is 0 Å². The summed E-state index contributed by atoms with van der Waals surface area (Å²) in [5.74, 6) is 0. The first-order chi connectivity index (χ1) is 2.83. The van der Waals surface area contributed by atoms with E-state index in [9.17, 15) is 0 Å². The van der Waals surface area contributed by atoms with Crippen molar-refractivity contribution in [3.63, 3.8) is 0 Å². The van der Waals surface area contributed by atoms with Crippen molar-refractivity contribution < 1.29 is 9.73 Å². The van der Waals surface area contributed by atoms with Crippen molar-refractivity contribution >= 4 is 7.35 Å². The number of rotatable bonds is 0. The summed E-state index contributed by atoms with van der Waals surface area (Å²) in [6.07, 6.45) is 0. The van der Waals surface area contributed by atoms with Crippen molar-refractivity contribution in [3.05, 3.63) is 0 Å². The molecule has 0 radical (unpaired) electrons. The van der Waals surface area contributed by atoms with Gasteiger partial charge >= 0.3 is 17.1 Å². The van der Waals surface area contributed by atoms with Crippen LogP contribution in [0.25, 0.3) is 0 Å². The molecule has 0 heterocycles. The predicted octanol–water partition coefficient (Wildman–Crippen LogP) is -1.22. The Kier molecular flexibility index (Phi) is 35.1. The number of hydrogen-bond donors (Lipinski definition) is 2. The third-order valence-corrected chi connectivity index (χ3v) is 0. The molecular weight excluding hydrogens is 80.8 g/mol. The third kappa shape index (κ3) is 178. The fraction of sp³-hybridized carbons (Fsp3) is 1.00. The van der Waals surface area contributed by atoms with Crippen molar-refractivity contribution in [1.82, 2.24) is 5.32 Å². The van der Waals surface area contributed by atoms with Crippen LogP contribution >= 0.6 is 0 Å². The molecule has 0 spiro atoms. The van der Waals surface area contributed by atoms with Gasteiger partial charge < -0.3 is 5.32 Å². The van der Waals surface area contributed by atoms with E-state index in [0.717, 1.165) is 0 Å². The zero-order valence-electron chi connectivity index (χ0n) is 3.93. The monoisotopic (exact) mass is 89.1 g/mol. The minimum absolute atomic E-state index is 0.250. The molecule has 0 fully saturated rings. The van der Waals surface area contributed by atoms with Gasteiger partial charge in [-0.2, -0.15) is 0 Å². The molecule has 0 bridgehead atoms. The Morgan fingerprint density at radius 2 is 1.67 bits per heavy atom. The second-order valence-corrected chi connectivity index (χ2v) is 0.605. The number of nitrogens with one attached hydrogen (secondary N) is 1. The first-order valence-electron chi connectivity index (χ1n) is 1.49. The summed E-state index contributed by atoms with van der Waals surface area (Å²) in [5.41, 5.74) is 0. The molecule has 0 atom stereocenters. The van der Waals surface area contributed by atoms with E-state index in [4.69, 9.17) is 9.73 Å². The molecule has 0 amide bonds. The predicted molar refractivity (Wildman–Crippen MR) is 23.6 cm³/mol. The first-order valence-corrected chi connectivity index (χ1v) is 1.49. The van der Waals surface area contributed by atoms with E-state index >= 15 is 0 Å². The van der Waals surface area contributed by atoms with Crippen molar-refractivity contribution in [3.8, 4) is 0 Å². The standard InChI is InChI=1S/C2H7N.BHO2/c1-3-2;2-1-3/h3H,1-2H3;2H. The molecule has 6 heavy (non-hydrogen) atoms. The van der Waals surface area contributed by atoms with Crippen LogP contribution < -0.4 is 5.32 Å². The van der Waals surface area contributed by atoms with Crippen LogP contribution in [0.5, 0.6) is 0 Å². The molecule has 0 aliphatic carbocycles. The van der Waals surface area contributed by atoms with Gasteiger partial charge in [0.25, 0.3) is 0 Å². The maximum atomic E-state index is 8.36. The maximum absolute atomic E-state index is 8.36. The Labute approximate surface area is 37.7 Å². The molecule has 0 rings (SSSR count). The van der Waals surface area contributed by atoms with Crippen molar-refractivity contribution in [2.45, 2.75) is 0 Å². The molecular formula is C2H8BNO2. The molecule has 0 aliphatic heterocycles. The summed E-state index contributed by atoms with van der Waals surface area (Å²) in [5, 5.41) is 9.64. The van der Waals surface area contributed by atoms with Gasteiger partial charge in [-0.3, -0.25) is 0 Å². The van der Waals surface area contributed by atoms with E-state index < -0.39 is 0 Å². The Hall–Kier alpha value is -0.375. The van der Waals surface area contributed by atoms with Crippen LogP contribution in [0.1, 0.15) is 0 Å². The quantitative estimate of drug-likeness (QED) is 0.365. The summed E-state index contributed by atoms with van der Waals surface area (Å²) in [6, 6.07) is 0. The summed E-state index contributed by atoms with van der Waals surface area (Å²) in [7, 11) is 3.50. The molecule has 36 valence electrons. The third-order valence-electron chi connectivity index (χ3n) is 0. The molecule has 0 aromatic heterocycles. The van der Waals surface area contributed by atoms with E-state index in [0.29, 0.717) is 0 Å². The van der Waals surface area contributed by atoms with E-state index in [2.05, 4.69) is 5.32 Å². The van der Waals surface area contributed by atoms with Crippen LogP contribution in [-0.4, -0.2) is 26.5 Å². The van der Waals surface area contributed by atoms with Crippen LogP contribution in [0.15, 0.2) is 0 Å². The summed E-state index contributed by atoms with van der Waals surface area (Å²) < 4.78 is 8.36. The first kappa shape index (κ1) is 9.16. The van der Waals surface area contributed by atoms with E-state index in [1.165, 1.54) is 0 Å². The normalized spacial score (nSPS) is 4.33. The van der Waals surface area contributed by atoms with Gasteiger partial charge in [0.15, 0.2) is 0 Å². The molecule has 0 aromatic rings. The average Bonchev–Trinajstić information content (AvgIpc) is 1.39. The van der Waals surface area contributed by atoms with Crippen LogP contribution in [0.3, 0.4) is 0 Å². The fourth-order valence-electron chi connectivity index (χ4n) is 0. The molecule has 0 saturated heterocycles. The fourth-order valence-corrected chi connectivity index (χ4v) is 0. The van der Waals surface area contributed by atoms with Crippen molar-refractivity contribution in [1.29, 1.82) is 0 Å². The number of hydrogen-bond acceptors (Lipinski definition) is 2. The van der Waals surface area contributed by atoms with E-state index in [1.807, 2.05) is 14.1 Å². The molecule has 0 saturated carbocycles. The van der Waals surface area contributed by atoms with Crippen molar-refractivity contribution in [2.24, 2.45) is 0 Å². The minimum atomic E-state index is -0.250. The second-order valence-electron chi connectivity index (χ2n) is 0.605.